The van der Waals surface area contributed by atoms with E-state index in [1.807, 2.05) is 0 Å². The second kappa shape index (κ2) is 7.10. The molecule has 1 aliphatic heterocycles. The Morgan fingerprint density at radius 3 is 2.33 bits per heavy atom. The minimum absolute atomic E-state index is 0.166. The topological polar surface area (TPSA) is 43.8 Å². The number of hydrogen-bond acceptors (Lipinski definition) is 3. The lowest BCUT2D eigenvalue weighted by Crippen LogP contribution is -2.60. The second-order valence-electron chi connectivity index (χ2n) is 7.30. The van der Waals surface area contributed by atoms with Gasteiger partial charge in [-0.15, -0.1) is 0 Å². The van der Waals surface area contributed by atoms with Gasteiger partial charge in [-0.3, -0.25) is 14.6 Å². The molecule has 1 saturated heterocycles. The first-order valence-electron chi connectivity index (χ1n) is 8.62. The number of piperazine rings is 1. The zero-order valence-corrected chi connectivity index (χ0v) is 14.1. The van der Waals surface area contributed by atoms with Crippen molar-refractivity contribution in [2.45, 2.75) is 71.0 Å². The second-order valence-corrected chi connectivity index (χ2v) is 7.30. The third-order valence-corrected chi connectivity index (χ3v) is 5.80. The van der Waals surface area contributed by atoms with Gasteiger partial charge >= 0.3 is 5.97 Å². The first-order chi connectivity index (χ1) is 9.93. The summed E-state index contributed by atoms with van der Waals surface area (Å²) in [6.45, 7) is 8.76. The number of carboxylic acid groups (broad SMARTS) is 1. The summed E-state index contributed by atoms with van der Waals surface area (Å²) in [6.07, 6.45) is 5.50. The van der Waals surface area contributed by atoms with Crippen LogP contribution >= 0.6 is 0 Å². The molecular weight excluding hydrogens is 264 g/mol. The van der Waals surface area contributed by atoms with E-state index in [2.05, 4.69) is 37.6 Å². The van der Waals surface area contributed by atoms with E-state index in [9.17, 15) is 9.90 Å². The van der Waals surface area contributed by atoms with Gasteiger partial charge in [0.25, 0.3) is 0 Å². The fourth-order valence-electron chi connectivity index (χ4n) is 4.31. The Kier molecular flexibility index (Phi) is 5.67. The van der Waals surface area contributed by atoms with Crippen molar-refractivity contribution in [3.63, 3.8) is 0 Å². The van der Waals surface area contributed by atoms with Crippen molar-refractivity contribution >= 4 is 5.97 Å². The van der Waals surface area contributed by atoms with Gasteiger partial charge in [-0.05, 0) is 46.1 Å². The zero-order chi connectivity index (χ0) is 15.6. The standard InChI is InChI=1S/C17H32N2O2/c1-5-6-14-7-8-15(17(20)21)16(9-14)19-10-12(2)18(4)13(3)11-19/h12-16H,5-11H2,1-4H3,(H,20,21). The van der Waals surface area contributed by atoms with Gasteiger partial charge in [0.15, 0.2) is 0 Å². The van der Waals surface area contributed by atoms with Crippen molar-refractivity contribution in [2.75, 3.05) is 20.1 Å². The monoisotopic (exact) mass is 296 g/mol. The third kappa shape index (κ3) is 3.78. The third-order valence-electron chi connectivity index (χ3n) is 5.80. The van der Waals surface area contributed by atoms with Gasteiger partial charge in [-0.1, -0.05) is 19.8 Å². The predicted octanol–water partition coefficient (Wildman–Crippen LogP) is 2.68. The lowest BCUT2D eigenvalue weighted by molar-refractivity contribution is -0.147. The summed E-state index contributed by atoms with van der Waals surface area (Å²) in [5.41, 5.74) is 0. The van der Waals surface area contributed by atoms with Crippen molar-refractivity contribution in [2.24, 2.45) is 11.8 Å². The summed E-state index contributed by atoms with van der Waals surface area (Å²) in [7, 11) is 2.18. The zero-order valence-electron chi connectivity index (χ0n) is 14.1. The molecule has 1 saturated carbocycles. The highest BCUT2D eigenvalue weighted by molar-refractivity contribution is 5.71. The Morgan fingerprint density at radius 2 is 1.81 bits per heavy atom. The Bertz CT molecular complexity index is 349. The van der Waals surface area contributed by atoms with E-state index in [0.29, 0.717) is 12.1 Å². The Labute approximate surface area is 129 Å². The van der Waals surface area contributed by atoms with E-state index in [1.54, 1.807) is 0 Å². The van der Waals surface area contributed by atoms with Crippen LogP contribution in [0.2, 0.25) is 0 Å². The molecular formula is C17H32N2O2. The Morgan fingerprint density at radius 1 is 1.19 bits per heavy atom. The van der Waals surface area contributed by atoms with Crippen molar-refractivity contribution < 1.29 is 9.90 Å². The van der Waals surface area contributed by atoms with Gasteiger partial charge in [-0.25, -0.2) is 0 Å². The molecule has 4 nitrogen and oxygen atoms in total. The molecule has 4 heteroatoms. The molecule has 2 fully saturated rings. The molecule has 0 aromatic heterocycles. The van der Waals surface area contributed by atoms with Crippen LogP contribution in [0.25, 0.3) is 0 Å². The molecule has 2 aliphatic rings. The SMILES string of the molecule is CCCC1CCC(C(=O)O)C(N2CC(C)N(C)C(C)C2)C1. The molecule has 0 aromatic carbocycles. The molecule has 1 aliphatic carbocycles. The number of carboxylic acids is 1. The van der Waals surface area contributed by atoms with E-state index >= 15 is 0 Å². The summed E-state index contributed by atoms with van der Waals surface area (Å²) in [5, 5.41) is 9.60. The van der Waals surface area contributed by atoms with Gasteiger partial charge in [0.2, 0.25) is 0 Å². The number of rotatable bonds is 4. The molecule has 0 amide bonds. The Balaban J connectivity index is 2.10. The normalized spacial score (nSPS) is 39.3. The summed E-state index contributed by atoms with van der Waals surface area (Å²) >= 11 is 0. The van der Waals surface area contributed by atoms with Gasteiger partial charge in [-0.2, -0.15) is 0 Å². The van der Waals surface area contributed by atoms with Crippen molar-refractivity contribution in [3.05, 3.63) is 0 Å². The van der Waals surface area contributed by atoms with Crippen LogP contribution in [0.5, 0.6) is 0 Å². The van der Waals surface area contributed by atoms with Crippen LogP contribution < -0.4 is 0 Å². The van der Waals surface area contributed by atoms with Crippen LogP contribution in [0.3, 0.4) is 0 Å². The van der Waals surface area contributed by atoms with Gasteiger partial charge < -0.3 is 5.11 Å². The molecule has 0 radical (unpaired) electrons. The summed E-state index contributed by atoms with van der Waals surface area (Å²) in [5.74, 6) is -0.0315. The smallest absolute Gasteiger partial charge is 0.308 e. The minimum atomic E-state index is -0.589. The van der Waals surface area contributed by atoms with Crippen LogP contribution in [-0.2, 0) is 4.79 Å². The molecule has 0 bridgehead atoms. The number of nitrogens with zero attached hydrogens (tertiary/aromatic N) is 2. The van der Waals surface area contributed by atoms with Crippen LogP contribution in [0, 0.1) is 11.8 Å². The average Bonchev–Trinajstić information content (AvgIpc) is 2.44. The first-order valence-corrected chi connectivity index (χ1v) is 8.62. The molecule has 0 spiro atoms. The fraction of sp³-hybridized carbons (Fsp3) is 0.941. The number of likely N-dealkylation sites (N-methyl/N-ethyl adjacent to an activating group) is 1. The molecule has 21 heavy (non-hydrogen) atoms. The maximum Gasteiger partial charge on any atom is 0.308 e. The first kappa shape index (κ1) is 16.8. The Hall–Kier alpha value is -0.610. The lowest BCUT2D eigenvalue weighted by atomic mass is 9.75. The quantitative estimate of drug-likeness (QED) is 0.866. The molecule has 0 aromatic rings. The maximum absolute atomic E-state index is 11.7. The number of aliphatic carboxylic acids is 1. The highest BCUT2D eigenvalue weighted by Gasteiger charge is 2.40. The van der Waals surface area contributed by atoms with E-state index in [-0.39, 0.29) is 12.0 Å². The van der Waals surface area contributed by atoms with Crippen LogP contribution in [0.1, 0.15) is 52.9 Å². The van der Waals surface area contributed by atoms with E-state index in [1.165, 1.54) is 12.8 Å². The van der Waals surface area contributed by atoms with Gasteiger partial charge in [0, 0.05) is 31.2 Å². The minimum Gasteiger partial charge on any atom is -0.481 e. The van der Waals surface area contributed by atoms with Crippen molar-refractivity contribution in [1.82, 2.24) is 9.80 Å². The molecule has 1 heterocycles. The van der Waals surface area contributed by atoms with E-state index in [4.69, 9.17) is 0 Å². The van der Waals surface area contributed by atoms with E-state index < -0.39 is 5.97 Å². The van der Waals surface area contributed by atoms with Gasteiger partial charge in [0.1, 0.15) is 0 Å². The van der Waals surface area contributed by atoms with Crippen LogP contribution in [-0.4, -0.2) is 59.1 Å². The summed E-state index contributed by atoms with van der Waals surface area (Å²) < 4.78 is 0. The largest absolute Gasteiger partial charge is 0.481 e. The highest BCUT2D eigenvalue weighted by atomic mass is 16.4. The van der Waals surface area contributed by atoms with Crippen molar-refractivity contribution in [3.8, 4) is 0 Å². The van der Waals surface area contributed by atoms with Crippen molar-refractivity contribution in [1.29, 1.82) is 0 Å². The van der Waals surface area contributed by atoms with Crippen LogP contribution in [0.15, 0.2) is 0 Å². The molecule has 5 atom stereocenters. The number of carbonyl (C=O) groups is 1. The lowest BCUT2D eigenvalue weighted by Gasteiger charge is -2.49. The average molecular weight is 296 g/mol. The predicted molar refractivity (Wildman–Crippen MR) is 85.4 cm³/mol. The summed E-state index contributed by atoms with van der Waals surface area (Å²) in [6, 6.07) is 1.26. The van der Waals surface area contributed by atoms with Gasteiger partial charge in [0.05, 0.1) is 5.92 Å². The fourth-order valence-corrected chi connectivity index (χ4v) is 4.31. The summed E-state index contributed by atoms with van der Waals surface area (Å²) in [4.78, 5) is 16.6. The highest BCUT2D eigenvalue weighted by Crippen LogP contribution is 2.36. The molecule has 122 valence electrons. The molecule has 1 N–H and O–H groups in total. The molecule has 5 unspecified atom stereocenters. The number of hydrogen-bond donors (Lipinski definition) is 1. The molecule has 2 rings (SSSR count). The van der Waals surface area contributed by atoms with Crippen LogP contribution in [0.4, 0.5) is 0 Å². The van der Waals surface area contributed by atoms with E-state index in [0.717, 1.165) is 38.3 Å². The maximum atomic E-state index is 11.7.